The second kappa shape index (κ2) is 10.6. The lowest BCUT2D eigenvalue weighted by Crippen LogP contribution is -2.07. The third-order valence-electron chi connectivity index (χ3n) is 5.04. The number of hydrogen-bond acceptors (Lipinski definition) is 8. The van der Waals surface area contributed by atoms with Crippen molar-refractivity contribution in [2.24, 2.45) is 0 Å². The molecule has 0 radical (unpaired) electrons. The average Bonchev–Trinajstić information content (AvgIpc) is 2.84. The van der Waals surface area contributed by atoms with E-state index in [1.165, 1.54) is 19.3 Å². The summed E-state index contributed by atoms with van der Waals surface area (Å²) < 4.78 is 10.9. The molecule has 0 amide bonds. The highest BCUT2D eigenvalue weighted by Crippen LogP contribution is 2.39. The van der Waals surface area contributed by atoms with Gasteiger partial charge < -0.3 is 14.8 Å². The maximum Gasteiger partial charge on any atom is 0.341 e. The molecular formula is C26H20N4O5. The average molecular weight is 468 g/mol. The number of aryl methyl sites for hydroxylation is 2. The van der Waals surface area contributed by atoms with Gasteiger partial charge in [0.2, 0.25) is 0 Å². The molecule has 9 nitrogen and oxygen atoms in total. The lowest BCUT2D eigenvalue weighted by atomic mass is 10.0. The molecular weight excluding hydrogens is 448 g/mol. The largest absolute Gasteiger partial charge is 0.465 e. The summed E-state index contributed by atoms with van der Waals surface area (Å²) in [5, 5.41) is 32.5. The zero-order chi connectivity index (χ0) is 25.5. The predicted octanol–water partition coefficient (Wildman–Crippen LogP) is 5.94. The van der Waals surface area contributed by atoms with Crippen molar-refractivity contribution < 1.29 is 19.2 Å². The molecule has 0 aliphatic heterocycles. The van der Waals surface area contributed by atoms with Crippen LogP contribution in [0.15, 0.2) is 54.6 Å². The van der Waals surface area contributed by atoms with Crippen LogP contribution in [-0.2, 0) is 4.74 Å². The highest BCUT2D eigenvalue weighted by Gasteiger charge is 2.25. The molecule has 0 bridgehead atoms. The van der Waals surface area contributed by atoms with Gasteiger partial charge in [0.05, 0.1) is 29.7 Å². The SMILES string of the molecule is COC(=O)c1cc([N+](=O)[O-])c(Nc2ccc(C#N)cc2)cc1Oc1c(C)cc(/C=C/C#N)cc1C. The van der Waals surface area contributed by atoms with Crippen LogP contribution in [0.25, 0.3) is 6.08 Å². The van der Waals surface area contributed by atoms with E-state index in [1.54, 1.807) is 30.3 Å². The molecule has 0 saturated heterocycles. The van der Waals surface area contributed by atoms with Gasteiger partial charge in [-0.15, -0.1) is 0 Å². The molecule has 0 atom stereocenters. The number of nitriles is 2. The Morgan fingerprint density at radius 3 is 2.29 bits per heavy atom. The van der Waals surface area contributed by atoms with E-state index in [0.717, 1.165) is 22.8 Å². The Bertz CT molecular complexity index is 1390. The number of esters is 1. The lowest BCUT2D eigenvalue weighted by Gasteiger charge is -2.17. The number of nitrogens with zero attached hydrogens (tertiary/aromatic N) is 3. The van der Waals surface area contributed by atoms with Crippen LogP contribution in [0.3, 0.4) is 0 Å². The normalized spacial score (nSPS) is 10.3. The minimum absolute atomic E-state index is 0.0603. The number of nitro benzene ring substituents is 1. The van der Waals surface area contributed by atoms with Crippen LogP contribution in [0.4, 0.5) is 17.1 Å². The van der Waals surface area contributed by atoms with Crippen molar-refractivity contribution in [3.8, 4) is 23.6 Å². The first-order valence-electron chi connectivity index (χ1n) is 10.3. The number of rotatable bonds is 7. The molecule has 174 valence electrons. The van der Waals surface area contributed by atoms with Crippen molar-refractivity contribution in [1.29, 1.82) is 10.5 Å². The molecule has 0 aliphatic rings. The standard InChI is InChI=1S/C26H20N4O5/c1-16-11-19(5-4-10-27)12-17(2)25(16)35-24-14-22(29-20-8-6-18(15-28)7-9-20)23(30(32)33)13-21(24)26(31)34-3/h4-9,11-14,29H,1-3H3/b5-4+. The monoisotopic (exact) mass is 468 g/mol. The number of allylic oxidation sites excluding steroid dienone is 1. The van der Waals surface area contributed by atoms with Crippen molar-refractivity contribution in [2.45, 2.75) is 13.8 Å². The fourth-order valence-electron chi connectivity index (χ4n) is 3.44. The van der Waals surface area contributed by atoms with Gasteiger partial charge in [-0.3, -0.25) is 10.1 Å². The molecule has 0 aromatic heterocycles. The number of hydrogen-bond donors (Lipinski definition) is 1. The molecule has 35 heavy (non-hydrogen) atoms. The Labute approximate surface area is 201 Å². The lowest BCUT2D eigenvalue weighted by molar-refractivity contribution is -0.384. The second-order valence-corrected chi connectivity index (χ2v) is 7.48. The molecule has 0 unspecified atom stereocenters. The second-order valence-electron chi connectivity index (χ2n) is 7.48. The van der Waals surface area contributed by atoms with Crippen molar-refractivity contribution in [2.75, 3.05) is 12.4 Å². The Kier molecular flexibility index (Phi) is 7.45. The van der Waals surface area contributed by atoms with Gasteiger partial charge in [0.25, 0.3) is 5.69 Å². The topological polar surface area (TPSA) is 138 Å². The van der Waals surface area contributed by atoms with Crippen molar-refractivity contribution in [3.63, 3.8) is 0 Å². The molecule has 3 aromatic carbocycles. The van der Waals surface area contributed by atoms with E-state index >= 15 is 0 Å². The van der Waals surface area contributed by atoms with E-state index in [-0.39, 0.29) is 22.7 Å². The molecule has 0 spiro atoms. The first kappa shape index (κ1) is 24.5. The van der Waals surface area contributed by atoms with E-state index in [0.29, 0.717) is 17.0 Å². The van der Waals surface area contributed by atoms with Gasteiger partial charge >= 0.3 is 5.97 Å². The van der Waals surface area contributed by atoms with Crippen molar-refractivity contribution in [3.05, 3.63) is 92.5 Å². The van der Waals surface area contributed by atoms with E-state index in [1.807, 2.05) is 38.1 Å². The smallest absolute Gasteiger partial charge is 0.341 e. The maximum absolute atomic E-state index is 12.5. The van der Waals surface area contributed by atoms with Crippen LogP contribution in [0.5, 0.6) is 11.5 Å². The van der Waals surface area contributed by atoms with E-state index in [2.05, 4.69) is 5.32 Å². The molecule has 3 rings (SSSR count). The fraction of sp³-hybridized carbons (Fsp3) is 0.115. The Morgan fingerprint density at radius 1 is 1.09 bits per heavy atom. The maximum atomic E-state index is 12.5. The van der Waals surface area contributed by atoms with Crippen LogP contribution in [0.1, 0.15) is 32.6 Å². The number of carbonyl (C=O) groups is 1. The molecule has 0 aliphatic carbocycles. The van der Waals surface area contributed by atoms with Gasteiger partial charge in [0, 0.05) is 23.9 Å². The molecule has 1 N–H and O–H groups in total. The van der Waals surface area contributed by atoms with Crippen molar-refractivity contribution >= 4 is 29.1 Å². The van der Waals surface area contributed by atoms with Crippen molar-refractivity contribution in [1.82, 2.24) is 0 Å². The van der Waals surface area contributed by atoms with Crippen LogP contribution in [0.2, 0.25) is 0 Å². The van der Waals surface area contributed by atoms with E-state index < -0.39 is 10.9 Å². The zero-order valence-corrected chi connectivity index (χ0v) is 19.2. The van der Waals surface area contributed by atoms with Crippen LogP contribution < -0.4 is 10.1 Å². The summed E-state index contributed by atoms with van der Waals surface area (Å²) >= 11 is 0. The minimum Gasteiger partial charge on any atom is -0.465 e. The first-order chi connectivity index (χ1) is 16.8. The molecule has 9 heteroatoms. The van der Waals surface area contributed by atoms with Gasteiger partial charge in [-0.05, 0) is 73.0 Å². The van der Waals surface area contributed by atoms with Crippen LogP contribution in [-0.4, -0.2) is 18.0 Å². The predicted molar refractivity (Wildman–Crippen MR) is 130 cm³/mol. The third-order valence-corrected chi connectivity index (χ3v) is 5.04. The molecule has 3 aromatic rings. The first-order valence-corrected chi connectivity index (χ1v) is 10.3. The summed E-state index contributed by atoms with van der Waals surface area (Å²) in [6.07, 6.45) is 3.02. The molecule has 0 saturated carbocycles. The summed E-state index contributed by atoms with van der Waals surface area (Å²) in [4.78, 5) is 23.6. The van der Waals surface area contributed by atoms with Gasteiger partial charge in [-0.1, -0.05) is 0 Å². The summed E-state index contributed by atoms with van der Waals surface area (Å²) in [7, 11) is 1.17. The molecule has 0 fully saturated rings. The third kappa shape index (κ3) is 5.62. The number of carbonyl (C=O) groups excluding carboxylic acids is 1. The quantitative estimate of drug-likeness (QED) is 0.194. The van der Waals surface area contributed by atoms with Gasteiger partial charge in [0.15, 0.2) is 0 Å². The highest BCUT2D eigenvalue weighted by molar-refractivity contribution is 5.95. The molecule has 0 heterocycles. The number of methoxy groups -OCH3 is 1. The summed E-state index contributed by atoms with van der Waals surface area (Å²) in [6.45, 7) is 3.62. The van der Waals surface area contributed by atoms with E-state index in [9.17, 15) is 14.9 Å². The summed E-state index contributed by atoms with van der Waals surface area (Å²) in [6, 6.07) is 16.4. The Morgan fingerprint density at radius 2 is 1.74 bits per heavy atom. The Hall–Kier alpha value is -5.15. The summed E-state index contributed by atoms with van der Waals surface area (Å²) in [5.41, 5.74) is 2.83. The van der Waals surface area contributed by atoms with Gasteiger partial charge in [-0.25, -0.2) is 4.79 Å². The van der Waals surface area contributed by atoms with Crippen LogP contribution in [0, 0.1) is 46.6 Å². The summed E-state index contributed by atoms with van der Waals surface area (Å²) in [5.74, 6) is -0.274. The highest BCUT2D eigenvalue weighted by atomic mass is 16.6. The number of nitro groups is 1. The minimum atomic E-state index is -0.795. The van der Waals surface area contributed by atoms with Gasteiger partial charge in [-0.2, -0.15) is 10.5 Å². The Balaban J connectivity index is 2.12. The zero-order valence-electron chi connectivity index (χ0n) is 19.2. The van der Waals surface area contributed by atoms with E-state index in [4.69, 9.17) is 20.0 Å². The van der Waals surface area contributed by atoms with Crippen LogP contribution >= 0.6 is 0 Å². The van der Waals surface area contributed by atoms with Gasteiger partial charge in [0.1, 0.15) is 22.7 Å². The fourth-order valence-corrected chi connectivity index (χ4v) is 3.44. The number of nitrogens with one attached hydrogen (secondary N) is 1. The number of anilines is 2. The number of ether oxygens (including phenoxy) is 2. The number of benzene rings is 3.